The number of hydrogen-bond acceptors (Lipinski definition) is 5. The molecule has 0 radical (unpaired) electrons. The van der Waals surface area contributed by atoms with E-state index < -0.39 is 0 Å². The molecule has 1 aliphatic heterocycles. The molecule has 0 unspecified atom stereocenters. The van der Waals surface area contributed by atoms with E-state index in [2.05, 4.69) is 37.6 Å². The first-order valence-electron chi connectivity index (χ1n) is 9.70. The zero-order chi connectivity index (χ0) is 19.6. The molecule has 7 nitrogen and oxygen atoms in total. The molecule has 7 heteroatoms. The molecule has 0 amide bonds. The molecular formula is C21H29N5O2. The molecule has 1 aliphatic rings. The van der Waals surface area contributed by atoms with Crippen LogP contribution in [-0.4, -0.2) is 51.3 Å². The number of nitrogens with zero attached hydrogens (tertiary/aromatic N) is 3. The van der Waals surface area contributed by atoms with E-state index in [-0.39, 0.29) is 0 Å². The first kappa shape index (κ1) is 19.8. The van der Waals surface area contributed by atoms with Crippen LogP contribution in [0.3, 0.4) is 0 Å². The molecule has 2 N–H and O–H groups in total. The Bertz CT molecular complexity index is 740. The van der Waals surface area contributed by atoms with E-state index in [0.717, 1.165) is 41.9 Å². The maximum atomic E-state index is 5.71. The minimum Gasteiger partial charge on any atom is -0.497 e. The van der Waals surface area contributed by atoms with Gasteiger partial charge in [-0.1, -0.05) is 6.07 Å². The van der Waals surface area contributed by atoms with E-state index in [1.54, 1.807) is 14.2 Å². The van der Waals surface area contributed by atoms with Gasteiger partial charge < -0.3 is 25.0 Å². The smallest absolute Gasteiger partial charge is 0.191 e. The molecule has 0 atom stereocenters. The van der Waals surface area contributed by atoms with E-state index >= 15 is 0 Å². The molecule has 3 rings (SSSR count). The van der Waals surface area contributed by atoms with E-state index in [1.807, 2.05) is 30.5 Å². The summed E-state index contributed by atoms with van der Waals surface area (Å²) in [5, 5.41) is 6.55. The second-order valence-electron chi connectivity index (χ2n) is 6.60. The second-order valence-corrected chi connectivity index (χ2v) is 6.60. The van der Waals surface area contributed by atoms with Crippen LogP contribution < -0.4 is 25.0 Å². The average Bonchev–Trinajstić information content (AvgIpc) is 3.29. The Morgan fingerprint density at radius 2 is 1.82 bits per heavy atom. The second kappa shape index (κ2) is 10.4. The Hall–Kier alpha value is -2.96. The average molecular weight is 383 g/mol. The van der Waals surface area contributed by atoms with Crippen LogP contribution in [0, 0.1) is 0 Å². The molecule has 1 fully saturated rings. The van der Waals surface area contributed by atoms with Crippen LogP contribution in [0.2, 0.25) is 0 Å². The number of rotatable bonds is 8. The van der Waals surface area contributed by atoms with E-state index in [1.165, 1.54) is 12.8 Å². The van der Waals surface area contributed by atoms with Crippen LogP contribution in [0.15, 0.2) is 47.6 Å². The molecule has 0 bridgehead atoms. The lowest BCUT2D eigenvalue weighted by Crippen LogP contribution is -2.38. The molecule has 0 spiro atoms. The summed E-state index contributed by atoms with van der Waals surface area (Å²) in [4.78, 5) is 11.2. The van der Waals surface area contributed by atoms with Gasteiger partial charge in [-0.05, 0) is 48.7 Å². The largest absolute Gasteiger partial charge is 0.497 e. The molecule has 0 aliphatic carbocycles. The Balaban J connectivity index is 1.37. The molecule has 150 valence electrons. The highest BCUT2D eigenvalue weighted by atomic mass is 16.5. The van der Waals surface area contributed by atoms with Gasteiger partial charge in [0.25, 0.3) is 0 Å². The third kappa shape index (κ3) is 5.77. The number of ether oxygens (including phenoxy) is 2. The van der Waals surface area contributed by atoms with Gasteiger partial charge in [0.05, 0.1) is 13.7 Å². The number of methoxy groups -OCH3 is 1. The minimum absolute atomic E-state index is 0.541. The quantitative estimate of drug-likeness (QED) is 0.414. The first-order chi connectivity index (χ1) is 13.8. The van der Waals surface area contributed by atoms with E-state index in [9.17, 15) is 0 Å². The van der Waals surface area contributed by atoms with Crippen LogP contribution >= 0.6 is 0 Å². The van der Waals surface area contributed by atoms with Crippen molar-refractivity contribution in [3.63, 3.8) is 0 Å². The summed E-state index contributed by atoms with van der Waals surface area (Å²) < 4.78 is 10.8. The molecule has 1 aromatic carbocycles. The Morgan fingerprint density at radius 1 is 1.07 bits per heavy atom. The number of aromatic nitrogens is 1. The number of pyridine rings is 1. The molecule has 2 aromatic rings. The van der Waals surface area contributed by atoms with Gasteiger partial charge in [-0.2, -0.15) is 0 Å². The van der Waals surface area contributed by atoms with Gasteiger partial charge in [-0.25, -0.2) is 4.98 Å². The normalized spacial score (nSPS) is 14.1. The maximum absolute atomic E-state index is 5.71. The monoisotopic (exact) mass is 383 g/mol. The van der Waals surface area contributed by atoms with E-state index in [4.69, 9.17) is 9.47 Å². The van der Waals surface area contributed by atoms with Crippen molar-refractivity contribution in [1.82, 2.24) is 15.6 Å². The number of nitrogens with one attached hydrogen (secondary N) is 2. The summed E-state index contributed by atoms with van der Waals surface area (Å²) in [6.07, 6.45) is 4.45. The highest BCUT2D eigenvalue weighted by Crippen LogP contribution is 2.18. The fourth-order valence-corrected chi connectivity index (χ4v) is 3.07. The molecule has 28 heavy (non-hydrogen) atoms. The summed E-state index contributed by atoms with van der Waals surface area (Å²) in [6.45, 7) is 4.09. The molecule has 1 aromatic heterocycles. The standard InChI is InChI=1S/C21H29N5O2/c1-22-21(23-11-14-28-19-8-6-18(27-2)7-9-19)25-16-17-5-10-20(24-15-17)26-12-3-4-13-26/h5-10,15H,3-4,11-14,16H2,1-2H3,(H2,22,23,25). The van der Waals surface area contributed by atoms with Crippen molar-refractivity contribution in [2.45, 2.75) is 19.4 Å². The van der Waals surface area contributed by atoms with Gasteiger partial charge >= 0.3 is 0 Å². The van der Waals surface area contributed by atoms with Crippen molar-refractivity contribution in [1.29, 1.82) is 0 Å². The summed E-state index contributed by atoms with van der Waals surface area (Å²) in [6, 6.07) is 11.8. The van der Waals surface area contributed by atoms with Gasteiger partial charge in [0.1, 0.15) is 23.9 Å². The maximum Gasteiger partial charge on any atom is 0.191 e. The van der Waals surface area contributed by atoms with Gasteiger partial charge in [0.15, 0.2) is 5.96 Å². The minimum atomic E-state index is 0.541. The van der Waals surface area contributed by atoms with Crippen molar-refractivity contribution < 1.29 is 9.47 Å². The molecular weight excluding hydrogens is 354 g/mol. The highest BCUT2D eigenvalue weighted by Gasteiger charge is 2.12. The topological polar surface area (TPSA) is 71.0 Å². The predicted octanol–water partition coefficient (Wildman–Crippen LogP) is 2.43. The van der Waals surface area contributed by atoms with Gasteiger partial charge in [0, 0.05) is 32.9 Å². The fraction of sp³-hybridized carbons (Fsp3) is 0.429. The highest BCUT2D eigenvalue weighted by molar-refractivity contribution is 5.79. The van der Waals surface area contributed by atoms with Crippen LogP contribution in [0.1, 0.15) is 18.4 Å². The van der Waals surface area contributed by atoms with Gasteiger partial charge in [-0.15, -0.1) is 0 Å². The van der Waals surface area contributed by atoms with Crippen molar-refractivity contribution >= 4 is 11.8 Å². The van der Waals surface area contributed by atoms with Crippen molar-refractivity contribution in [3.8, 4) is 11.5 Å². The summed E-state index contributed by atoms with van der Waals surface area (Å²) in [5.41, 5.74) is 1.13. The zero-order valence-electron chi connectivity index (χ0n) is 16.6. The number of anilines is 1. The van der Waals surface area contributed by atoms with Crippen LogP contribution in [-0.2, 0) is 6.54 Å². The number of guanidine groups is 1. The SMILES string of the molecule is CN=C(NCCOc1ccc(OC)cc1)NCc1ccc(N2CCCC2)nc1. The summed E-state index contributed by atoms with van der Waals surface area (Å²) >= 11 is 0. The molecule has 0 saturated carbocycles. The van der Waals surface area contributed by atoms with Crippen molar-refractivity contribution in [2.24, 2.45) is 4.99 Å². The molecule has 1 saturated heterocycles. The van der Waals surface area contributed by atoms with Gasteiger partial charge in [0.2, 0.25) is 0 Å². The van der Waals surface area contributed by atoms with Crippen molar-refractivity contribution in [2.75, 3.05) is 45.3 Å². The number of hydrogen-bond donors (Lipinski definition) is 2. The zero-order valence-corrected chi connectivity index (χ0v) is 16.6. The molecule has 2 heterocycles. The fourth-order valence-electron chi connectivity index (χ4n) is 3.07. The lowest BCUT2D eigenvalue weighted by atomic mass is 10.3. The predicted molar refractivity (Wildman–Crippen MR) is 112 cm³/mol. The van der Waals surface area contributed by atoms with Crippen molar-refractivity contribution in [3.05, 3.63) is 48.2 Å². The Labute approximate surface area is 166 Å². The third-order valence-corrected chi connectivity index (χ3v) is 4.65. The van der Waals surface area contributed by atoms with Crippen LogP contribution in [0.25, 0.3) is 0 Å². The van der Waals surface area contributed by atoms with Gasteiger partial charge in [-0.3, -0.25) is 4.99 Å². The van der Waals surface area contributed by atoms with Crippen LogP contribution in [0.5, 0.6) is 11.5 Å². The summed E-state index contributed by atoms with van der Waals surface area (Å²) in [5.74, 6) is 3.44. The lowest BCUT2D eigenvalue weighted by molar-refractivity contribution is 0.321. The first-order valence-corrected chi connectivity index (χ1v) is 9.70. The van der Waals surface area contributed by atoms with E-state index in [0.29, 0.717) is 19.7 Å². The number of aliphatic imine (C=N–C) groups is 1. The Morgan fingerprint density at radius 3 is 2.46 bits per heavy atom. The lowest BCUT2D eigenvalue weighted by Gasteiger charge is -2.16. The Kier molecular flexibility index (Phi) is 7.35. The summed E-state index contributed by atoms with van der Waals surface area (Å²) in [7, 11) is 3.41. The third-order valence-electron chi connectivity index (χ3n) is 4.65. The van der Waals surface area contributed by atoms with Crippen LogP contribution in [0.4, 0.5) is 5.82 Å². The number of benzene rings is 1.